The van der Waals surface area contributed by atoms with Crippen molar-refractivity contribution in [3.63, 3.8) is 0 Å². The zero-order chi connectivity index (χ0) is 17.0. The van der Waals surface area contributed by atoms with Gasteiger partial charge in [-0.2, -0.15) is 0 Å². The molecule has 0 spiro atoms. The predicted octanol–water partition coefficient (Wildman–Crippen LogP) is 2.85. The van der Waals surface area contributed by atoms with Crippen LogP contribution in [0.25, 0.3) is 0 Å². The molecule has 0 radical (unpaired) electrons. The molecule has 0 aromatic heterocycles. The van der Waals surface area contributed by atoms with E-state index in [1.807, 2.05) is 26.0 Å². The summed E-state index contributed by atoms with van der Waals surface area (Å²) in [6.45, 7) is 5.99. The van der Waals surface area contributed by atoms with E-state index in [1.165, 1.54) is 12.1 Å². The quantitative estimate of drug-likeness (QED) is 0.884. The number of nitrogens with one attached hydrogen (secondary N) is 2. The zero-order valence-electron chi connectivity index (χ0n) is 13.4. The second-order valence-corrected chi connectivity index (χ2v) is 6.99. The molecule has 2 aromatic rings. The minimum atomic E-state index is -3.74. The maximum absolute atomic E-state index is 12.5. The van der Waals surface area contributed by atoms with Crippen molar-refractivity contribution >= 4 is 21.6 Å². The minimum Gasteiger partial charge on any atom is -0.352 e. The first kappa shape index (κ1) is 17.0. The summed E-state index contributed by atoms with van der Waals surface area (Å²) in [5, 5.41) is 2.68. The van der Waals surface area contributed by atoms with Crippen LogP contribution in [0.15, 0.2) is 47.4 Å². The summed E-state index contributed by atoms with van der Waals surface area (Å²) in [7, 11) is -3.74. The molecule has 2 N–H and O–H groups in total. The monoisotopic (exact) mass is 332 g/mol. The van der Waals surface area contributed by atoms with Gasteiger partial charge in [-0.1, -0.05) is 23.8 Å². The van der Waals surface area contributed by atoms with Crippen molar-refractivity contribution in [2.75, 3.05) is 11.3 Å². The van der Waals surface area contributed by atoms with E-state index in [2.05, 4.69) is 10.0 Å². The van der Waals surface area contributed by atoms with Gasteiger partial charge in [-0.15, -0.1) is 0 Å². The van der Waals surface area contributed by atoms with Crippen molar-refractivity contribution < 1.29 is 13.2 Å². The minimum absolute atomic E-state index is 0.0601. The molecule has 0 aliphatic carbocycles. The van der Waals surface area contributed by atoms with Crippen LogP contribution < -0.4 is 10.0 Å². The summed E-state index contributed by atoms with van der Waals surface area (Å²) in [5.74, 6) is -0.280. The molecule has 2 rings (SSSR count). The molecule has 0 saturated heterocycles. The van der Waals surface area contributed by atoms with Gasteiger partial charge in [0.1, 0.15) is 0 Å². The van der Waals surface area contributed by atoms with Gasteiger partial charge in [-0.05, 0) is 50.6 Å². The molecule has 23 heavy (non-hydrogen) atoms. The number of carbonyl (C=O) groups is 1. The summed E-state index contributed by atoms with van der Waals surface area (Å²) >= 11 is 0. The van der Waals surface area contributed by atoms with Crippen molar-refractivity contribution in [1.82, 2.24) is 5.32 Å². The summed E-state index contributed by atoms with van der Waals surface area (Å²) in [6, 6.07) is 11.6. The van der Waals surface area contributed by atoms with Crippen LogP contribution in [-0.2, 0) is 10.0 Å². The van der Waals surface area contributed by atoms with E-state index in [0.717, 1.165) is 11.1 Å². The molecular formula is C17H20N2O3S. The molecule has 0 aliphatic heterocycles. The Bertz CT molecular complexity index is 812. The van der Waals surface area contributed by atoms with Gasteiger partial charge in [0.05, 0.1) is 4.90 Å². The number of rotatable bonds is 5. The molecule has 0 fully saturated rings. The average molecular weight is 332 g/mol. The van der Waals surface area contributed by atoms with Gasteiger partial charge in [0, 0.05) is 17.8 Å². The highest BCUT2D eigenvalue weighted by Gasteiger charge is 2.18. The lowest BCUT2D eigenvalue weighted by Crippen LogP contribution is -2.24. The molecule has 5 nitrogen and oxygen atoms in total. The highest BCUT2D eigenvalue weighted by Crippen LogP contribution is 2.19. The van der Waals surface area contributed by atoms with Crippen LogP contribution in [0.1, 0.15) is 28.4 Å². The van der Waals surface area contributed by atoms with E-state index in [4.69, 9.17) is 0 Å². The SMILES string of the molecule is CCNC(=O)c1cc(S(=O)(=O)Nc2ccc(C)cc2)ccc1C. The molecule has 2 aromatic carbocycles. The number of carbonyl (C=O) groups excluding carboxylic acids is 1. The number of aryl methyl sites for hydroxylation is 2. The fourth-order valence-corrected chi connectivity index (χ4v) is 3.19. The van der Waals surface area contributed by atoms with Crippen molar-refractivity contribution in [1.29, 1.82) is 0 Å². The van der Waals surface area contributed by atoms with E-state index in [1.54, 1.807) is 25.1 Å². The molecule has 0 heterocycles. The topological polar surface area (TPSA) is 75.3 Å². The van der Waals surface area contributed by atoms with Gasteiger partial charge in [-0.3, -0.25) is 9.52 Å². The van der Waals surface area contributed by atoms with E-state index < -0.39 is 10.0 Å². The molecule has 0 unspecified atom stereocenters. The van der Waals surface area contributed by atoms with E-state index >= 15 is 0 Å². The molecule has 122 valence electrons. The molecular weight excluding hydrogens is 312 g/mol. The van der Waals surface area contributed by atoms with Gasteiger partial charge in [0.15, 0.2) is 0 Å². The van der Waals surface area contributed by atoms with Gasteiger partial charge in [0.2, 0.25) is 0 Å². The normalized spacial score (nSPS) is 11.1. The Morgan fingerprint density at radius 3 is 2.30 bits per heavy atom. The van der Waals surface area contributed by atoms with Crippen LogP contribution in [0.3, 0.4) is 0 Å². The molecule has 0 bridgehead atoms. The first-order valence-corrected chi connectivity index (χ1v) is 8.80. The number of hydrogen-bond acceptors (Lipinski definition) is 3. The number of hydrogen-bond donors (Lipinski definition) is 2. The first-order valence-electron chi connectivity index (χ1n) is 7.32. The van der Waals surface area contributed by atoms with Crippen molar-refractivity contribution in [2.24, 2.45) is 0 Å². The van der Waals surface area contributed by atoms with Crippen LogP contribution in [-0.4, -0.2) is 20.9 Å². The van der Waals surface area contributed by atoms with E-state index in [-0.39, 0.29) is 10.8 Å². The Morgan fingerprint density at radius 2 is 1.70 bits per heavy atom. The van der Waals surface area contributed by atoms with Crippen LogP contribution in [0, 0.1) is 13.8 Å². The summed E-state index contributed by atoms with van der Waals surface area (Å²) < 4.78 is 27.5. The fraction of sp³-hybridized carbons (Fsp3) is 0.235. The molecule has 0 aliphatic rings. The zero-order valence-corrected chi connectivity index (χ0v) is 14.2. The Labute approximate surface area is 136 Å². The second kappa shape index (κ2) is 6.83. The number of sulfonamides is 1. The largest absolute Gasteiger partial charge is 0.352 e. The number of benzene rings is 2. The summed E-state index contributed by atoms with van der Waals surface area (Å²) in [5.41, 5.74) is 2.61. The highest BCUT2D eigenvalue weighted by atomic mass is 32.2. The molecule has 0 saturated carbocycles. The van der Waals surface area contributed by atoms with Gasteiger partial charge in [-0.25, -0.2) is 8.42 Å². The van der Waals surface area contributed by atoms with Gasteiger partial charge >= 0.3 is 0 Å². The van der Waals surface area contributed by atoms with E-state index in [0.29, 0.717) is 17.8 Å². The Hall–Kier alpha value is -2.34. The lowest BCUT2D eigenvalue weighted by Gasteiger charge is -2.11. The van der Waals surface area contributed by atoms with Gasteiger partial charge < -0.3 is 5.32 Å². The summed E-state index contributed by atoms with van der Waals surface area (Å²) in [4.78, 5) is 12.1. The predicted molar refractivity (Wildman–Crippen MR) is 91.2 cm³/mol. The standard InChI is InChI=1S/C17H20N2O3S/c1-4-18-17(20)16-11-15(10-7-13(16)3)23(21,22)19-14-8-5-12(2)6-9-14/h5-11,19H,4H2,1-3H3,(H,18,20). The van der Waals surface area contributed by atoms with Gasteiger partial charge in [0.25, 0.3) is 15.9 Å². The highest BCUT2D eigenvalue weighted by molar-refractivity contribution is 7.92. The van der Waals surface area contributed by atoms with Crippen LogP contribution in [0.4, 0.5) is 5.69 Å². The second-order valence-electron chi connectivity index (χ2n) is 5.31. The maximum Gasteiger partial charge on any atom is 0.261 e. The maximum atomic E-state index is 12.5. The number of anilines is 1. The van der Waals surface area contributed by atoms with Crippen molar-refractivity contribution in [3.05, 3.63) is 59.2 Å². The Morgan fingerprint density at radius 1 is 1.04 bits per heavy atom. The average Bonchev–Trinajstić information content (AvgIpc) is 2.50. The third-order valence-electron chi connectivity index (χ3n) is 3.41. The summed E-state index contributed by atoms with van der Waals surface area (Å²) in [6.07, 6.45) is 0. The van der Waals surface area contributed by atoms with Crippen molar-refractivity contribution in [2.45, 2.75) is 25.7 Å². The smallest absolute Gasteiger partial charge is 0.261 e. The van der Waals surface area contributed by atoms with Crippen LogP contribution >= 0.6 is 0 Å². The lowest BCUT2D eigenvalue weighted by molar-refractivity contribution is 0.0955. The molecule has 6 heteroatoms. The van der Waals surface area contributed by atoms with Crippen LogP contribution in [0.2, 0.25) is 0 Å². The first-order chi connectivity index (χ1) is 10.8. The third-order valence-corrected chi connectivity index (χ3v) is 4.78. The lowest BCUT2D eigenvalue weighted by atomic mass is 10.1. The number of amides is 1. The Kier molecular flexibility index (Phi) is 5.05. The van der Waals surface area contributed by atoms with Crippen LogP contribution in [0.5, 0.6) is 0 Å². The Balaban J connectivity index is 2.34. The molecule has 1 amide bonds. The fourth-order valence-electron chi connectivity index (χ4n) is 2.10. The van der Waals surface area contributed by atoms with Crippen molar-refractivity contribution in [3.8, 4) is 0 Å². The third kappa shape index (κ3) is 4.10. The van der Waals surface area contributed by atoms with E-state index in [9.17, 15) is 13.2 Å². The molecule has 0 atom stereocenters.